The lowest BCUT2D eigenvalue weighted by Crippen LogP contribution is -2.08. The molecule has 0 spiro atoms. The molecule has 2 aromatic rings. The first-order valence-corrected chi connectivity index (χ1v) is 7.47. The predicted octanol–water partition coefficient (Wildman–Crippen LogP) is 6.78. The molecule has 1 aliphatic rings. The fourth-order valence-corrected chi connectivity index (χ4v) is 2.72. The molecule has 0 amide bonds. The Morgan fingerprint density at radius 3 is 1.71 bits per heavy atom. The normalized spacial score (nSPS) is 13.0. The summed E-state index contributed by atoms with van der Waals surface area (Å²) in [5, 5.41) is -0.440. The summed E-state index contributed by atoms with van der Waals surface area (Å²) in [5.41, 5.74) is -0.967. The van der Waals surface area contributed by atoms with Crippen LogP contribution in [0.5, 0.6) is 23.0 Å². The first kappa shape index (κ1) is 15.0. The van der Waals surface area contributed by atoms with Gasteiger partial charge in [0.05, 0.1) is 10.6 Å². The molecule has 0 unspecified atom stereocenters. The summed E-state index contributed by atoms with van der Waals surface area (Å²) in [7, 11) is 0. The van der Waals surface area contributed by atoms with Crippen molar-refractivity contribution in [1.82, 2.24) is 0 Å². The Bertz CT molecular complexity index is 747. The number of rotatable bonds is 0. The molecule has 21 heavy (non-hydrogen) atoms. The Kier molecular flexibility index (Phi) is 3.62. The summed E-state index contributed by atoms with van der Waals surface area (Å²) in [6, 6.07) is 5.17. The van der Waals surface area contributed by atoms with Gasteiger partial charge in [-0.2, -0.15) is 13.2 Å². The van der Waals surface area contributed by atoms with E-state index in [9.17, 15) is 13.2 Å². The second kappa shape index (κ2) is 5.07. The van der Waals surface area contributed by atoms with E-state index in [-0.39, 0.29) is 11.5 Å². The minimum atomic E-state index is -4.56. The van der Waals surface area contributed by atoms with Crippen LogP contribution < -0.4 is 9.47 Å². The molecule has 0 saturated carbocycles. The molecule has 0 N–H and O–H groups in total. The maximum Gasteiger partial charge on any atom is 0.417 e. The lowest BCUT2D eigenvalue weighted by atomic mass is 10.1. The van der Waals surface area contributed by atoms with Crippen LogP contribution in [-0.4, -0.2) is 0 Å². The minimum absolute atomic E-state index is 0.0338. The zero-order valence-corrected chi connectivity index (χ0v) is 13.8. The number of hydrogen-bond acceptors (Lipinski definition) is 2. The summed E-state index contributed by atoms with van der Waals surface area (Å²) in [4.78, 5) is 0. The third-order valence-corrected chi connectivity index (χ3v) is 4.92. The Balaban J connectivity index is 2.10. The zero-order chi connectivity index (χ0) is 15.4. The summed E-state index contributed by atoms with van der Waals surface area (Å²) in [6.07, 6.45) is -4.56. The van der Waals surface area contributed by atoms with Crippen LogP contribution in [0.2, 0.25) is 5.02 Å². The number of halogens is 6. The van der Waals surface area contributed by atoms with Gasteiger partial charge in [-0.3, -0.25) is 0 Å². The second-order valence-corrected chi connectivity index (χ2v) is 6.31. The van der Waals surface area contributed by atoms with Crippen LogP contribution in [0, 0.1) is 0 Å². The third kappa shape index (κ3) is 2.74. The van der Waals surface area contributed by atoms with Gasteiger partial charge in [0.15, 0.2) is 23.0 Å². The van der Waals surface area contributed by atoms with Crippen molar-refractivity contribution < 1.29 is 22.6 Å². The first-order chi connectivity index (χ1) is 9.75. The van der Waals surface area contributed by atoms with E-state index >= 15 is 0 Å². The second-order valence-electron chi connectivity index (χ2n) is 4.19. The molecule has 0 bridgehead atoms. The molecule has 2 aromatic carbocycles. The van der Waals surface area contributed by atoms with Gasteiger partial charge in [0.1, 0.15) is 0 Å². The van der Waals surface area contributed by atoms with Crippen molar-refractivity contribution in [3.8, 4) is 23.0 Å². The molecule has 0 aromatic heterocycles. The molecular weight excluding hydrogens is 440 g/mol. The lowest BCUT2D eigenvalue weighted by molar-refractivity contribution is -0.137. The average Bonchev–Trinajstić information content (AvgIpc) is 2.36. The summed E-state index contributed by atoms with van der Waals surface area (Å²) in [5.74, 6) is 0.796. The highest BCUT2D eigenvalue weighted by atomic mass is 79.9. The monoisotopic (exact) mass is 442 g/mol. The van der Waals surface area contributed by atoms with Crippen LogP contribution in [0.15, 0.2) is 33.2 Å². The zero-order valence-electron chi connectivity index (χ0n) is 9.89. The van der Waals surface area contributed by atoms with E-state index in [1.807, 2.05) is 0 Å². The van der Waals surface area contributed by atoms with Crippen molar-refractivity contribution in [1.29, 1.82) is 0 Å². The van der Waals surface area contributed by atoms with Gasteiger partial charge in [-0.1, -0.05) is 11.6 Å². The van der Waals surface area contributed by atoms with E-state index in [0.29, 0.717) is 16.0 Å². The van der Waals surface area contributed by atoms with E-state index in [0.717, 1.165) is 16.6 Å². The molecule has 3 rings (SSSR count). The van der Waals surface area contributed by atoms with Crippen molar-refractivity contribution in [3.63, 3.8) is 0 Å². The quantitative estimate of drug-likeness (QED) is 0.381. The predicted molar refractivity (Wildman–Crippen MR) is 78.4 cm³/mol. The van der Waals surface area contributed by atoms with E-state index in [1.54, 1.807) is 12.1 Å². The Morgan fingerprint density at radius 2 is 1.24 bits per heavy atom. The molecule has 0 aliphatic carbocycles. The summed E-state index contributed by atoms with van der Waals surface area (Å²) < 4.78 is 50.9. The van der Waals surface area contributed by atoms with Gasteiger partial charge in [0, 0.05) is 27.1 Å². The van der Waals surface area contributed by atoms with Gasteiger partial charge in [-0.15, -0.1) is 0 Å². The molecule has 0 radical (unpaired) electrons. The van der Waals surface area contributed by atoms with Crippen LogP contribution in [-0.2, 0) is 6.18 Å². The number of hydrogen-bond donors (Lipinski definition) is 0. The Labute approximate surface area is 139 Å². The molecule has 110 valence electrons. The topological polar surface area (TPSA) is 18.5 Å². The van der Waals surface area contributed by atoms with Crippen molar-refractivity contribution in [3.05, 3.63) is 43.8 Å². The fourth-order valence-electron chi connectivity index (χ4n) is 1.82. The SMILES string of the molecule is FC(F)(F)c1cc2c(cc1Cl)Oc1cc(Br)c(Br)cc1O2. The van der Waals surface area contributed by atoms with Crippen molar-refractivity contribution in [2.24, 2.45) is 0 Å². The van der Waals surface area contributed by atoms with Gasteiger partial charge in [0.2, 0.25) is 0 Å². The fraction of sp³-hybridized carbons (Fsp3) is 0.0769. The Hall–Kier alpha value is -0.920. The van der Waals surface area contributed by atoms with Crippen LogP contribution in [0.4, 0.5) is 13.2 Å². The molecule has 8 heteroatoms. The van der Waals surface area contributed by atoms with Gasteiger partial charge >= 0.3 is 6.18 Å². The molecular formula is C13H4Br2ClF3O2. The Morgan fingerprint density at radius 1 is 0.810 bits per heavy atom. The first-order valence-electron chi connectivity index (χ1n) is 5.51. The van der Waals surface area contributed by atoms with Crippen LogP contribution in [0.1, 0.15) is 5.56 Å². The molecule has 0 saturated heterocycles. The standard InChI is InChI=1S/C13H4Br2ClF3O2/c14-6-2-10-11(3-7(6)15)21-12-4-8(16)5(13(17,18)19)1-9(12)20-10/h1-4H. The number of benzene rings is 2. The van der Waals surface area contributed by atoms with E-state index in [1.165, 1.54) is 0 Å². The summed E-state index contributed by atoms with van der Waals surface area (Å²) >= 11 is 12.3. The van der Waals surface area contributed by atoms with Crippen LogP contribution in [0.3, 0.4) is 0 Å². The van der Waals surface area contributed by atoms with E-state index < -0.39 is 16.8 Å². The van der Waals surface area contributed by atoms with Crippen LogP contribution in [0.25, 0.3) is 0 Å². The van der Waals surface area contributed by atoms with Gasteiger partial charge in [-0.25, -0.2) is 0 Å². The highest BCUT2D eigenvalue weighted by molar-refractivity contribution is 9.13. The maximum absolute atomic E-state index is 12.8. The number of alkyl halides is 3. The minimum Gasteiger partial charge on any atom is -0.449 e. The third-order valence-electron chi connectivity index (χ3n) is 2.77. The molecule has 1 aliphatic heterocycles. The highest BCUT2D eigenvalue weighted by Gasteiger charge is 2.35. The van der Waals surface area contributed by atoms with E-state index in [2.05, 4.69) is 31.9 Å². The maximum atomic E-state index is 12.8. The van der Waals surface area contributed by atoms with Gasteiger partial charge in [-0.05, 0) is 37.9 Å². The largest absolute Gasteiger partial charge is 0.449 e. The molecule has 1 heterocycles. The van der Waals surface area contributed by atoms with Crippen molar-refractivity contribution in [2.45, 2.75) is 6.18 Å². The molecule has 0 atom stereocenters. The summed E-state index contributed by atoms with van der Waals surface area (Å²) in [6.45, 7) is 0. The van der Waals surface area contributed by atoms with Gasteiger partial charge in [0.25, 0.3) is 0 Å². The van der Waals surface area contributed by atoms with Gasteiger partial charge < -0.3 is 9.47 Å². The van der Waals surface area contributed by atoms with E-state index in [4.69, 9.17) is 21.1 Å². The number of ether oxygens (including phenoxy) is 2. The average molecular weight is 444 g/mol. The highest BCUT2D eigenvalue weighted by Crippen LogP contribution is 2.50. The number of fused-ring (bicyclic) bond motifs is 2. The molecule has 2 nitrogen and oxygen atoms in total. The smallest absolute Gasteiger partial charge is 0.417 e. The lowest BCUT2D eigenvalue weighted by Gasteiger charge is -2.22. The van der Waals surface area contributed by atoms with Crippen molar-refractivity contribution in [2.75, 3.05) is 0 Å². The van der Waals surface area contributed by atoms with Crippen molar-refractivity contribution >= 4 is 43.5 Å². The van der Waals surface area contributed by atoms with Crippen LogP contribution >= 0.6 is 43.5 Å². The molecule has 0 fully saturated rings.